The van der Waals surface area contributed by atoms with E-state index in [4.69, 9.17) is 9.84 Å². The van der Waals surface area contributed by atoms with Crippen molar-refractivity contribution >= 4 is 17.0 Å². The number of nitrogens with zero attached hydrogens (tertiary/aromatic N) is 4. The first-order valence-corrected chi connectivity index (χ1v) is 10.3. The Morgan fingerprint density at radius 3 is 2.64 bits per heavy atom. The van der Waals surface area contributed by atoms with E-state index in [0.717, 1.165) is 41.7 Å². The first kappa shape index (κ1) is 18.9. The number of amides is 1. The van der Waals surface area contributed by atoms with Gasteiger partial charge in [0.25, 0.3) is 0 Å². The molecule has 0 bridgehead atoms. The highest BCUT2D eigenvalue weighted by atomic mass is 16.5. The Kier molecular flexibility index (Phi) is 5.90. The highest BCUT2D eigenvalue weighted by molar-refractivity contribution is 5.82. The number of piperidine rings is 2. The number of carboxylic acid groups (broad SMARTS) is 1. The van der Waals surface area contributed by atoms with Gasteiger partial charge in [-0.05, 0) is 50.9 Å². The number of aromatic nitrogens is 2. The quantitative estimate of drug-likeness (QED) is 0.852. The van der Waals surface area contributed by atoms with Crippen molar-refractivity contribution in [3.05, 3.63) is 30.2 Å². The van der Waals surface area contributed by atoms with Crippen LogP contribution >= 0.6 is 0 Å². The Balaban J connectivity index is 1.40. The molecule has 2 fully saturated rings. The van der Waals surface area contributed by atoms with E-state index >= 15 is 0 Å². The van der Waals surface area contributed by atoms with E-state index in [9.17, 15) is 4.79 Å². The fraction of sp³-hybridized carbons (Fsp3) is 0.571. The van der Waals surface area contributed by atoms with E-state index in [1.165, 1.54) is 37.3 Å². The van der Waals surface area contributed by atoms with Crippen LogP contribution in [-0.4, -0.2) is 70.3 Å². The minimum absolute atomic E-state index is 0.270. The normalized spacial score (nSPS) is 19.1. The van der Waals surface area contributed by atoms with E-state index in [-0.39, 0.29) is 5.92 Å². The lowest BCUT2D eigenvalue weighted by Crippen LogP contribution is -2.37. The van der Waals surface area contributed by atoms with Gasteiger partial charge in [0, 0.05) is 37.0 Å². The number of fused-ring (bicyclic) bond motifs is 1. The van der Waals surface area contributed by atoms with Crippen LogP contribution in [0, 0.1) is 0 Å². The second-order valence-corrected chi connectivity index (χ2v) is 7.73. The molecule has 2 aromatic rings. The number of rotatable bonds is 5. The van der Waals surface area contributed by atoms with Crippen LogP contribution in [0.4, 0.5) is 4.79 Å². The summed E-state index contributed by atoms with van der Waals surface area (Å²) in [5.74, 6) is 1.11. The van der Waals surface area contributed by atoms with Gasteiger partial charge in [0.2, 0.25) is 0 Å². The predicted octanol–water partition coefficient (Wildman–Crippen LogP) is 3.35. The van der Waals surface area contributed by atoms with Gasteiger partial charge in [-0.25, -0.2) is 14.8 Å². The van der Waals surface area contributed by atoms with E-state index < -0.39 is 6.09 Å². The molecule has 2 saturated heterocycles. The average Bonchev–Trinajstić information content (AvgIpc) is 2.74. The molecule has 0 saturated carbocycles. The number of hydrogen-bond acceptors (Lipinski definition) is 5. The molecule has 7 heteroatoms. The minimum Gasteiger partial charge on any atom is -0.492 e. The summed E-state index contributed by atoms with van der Waals surface area (Å²) >= 11 is 0. The van der Waals surface area contributed by atoms with Gasteiger partial charge in [0.05, 0.1) is 11.2 Å². The van der Waals surface area contributed by atoms with Gasteiger partial charge < -0.3 is 14.7 Å². The van der Waals surface area contributed by atoms with Crippen LogP contribution in [0.15, 0.2) is 24.5 Å². The number of benzene rings is 1. The van der Waals surface area contributed by atoms with Crippen LogP contribution in [-0.2, 0) is 0 Å². The summed E-state index contributed by atoms with van der Waals surface area (Å²) in [5, 5.41) is 10.2. The van der Waals surface area contributed by atoms with E-state index in [1.54, 1.807) is 6.33 Å². The standard InChI is InChI=1S/C21H28N4O3/c26-21(27)25-10-6-16(7-11-25)20-18-5-4-17(14-19(18)22-15-23-20)28-13-12-24-8-2-1-3-9-24/h4-5,14-16H,1-3,6-13H2,(H,26,27). The topological polar surface area (TPSA) is 78.8 Å². The van der Waals surface area contributed by atoms with Crippen molar-refractivity contribution in [1.82, 2.24) is 19.8 Å². The van der Waals surface area contributed by atoms with Gasteiger partial charge in [0.1, 0.15) is 18.7 Å². The largest absolute Gasteiger partial charge is 0.492 e. The summed E-state index contributed by atoms with van der Waals surface area (Å²) in [5.41, 5.74) is 1.91. The zero-order valence-corrected chi connectivity index (χ0v) is 16.2. The third-order valence-corrected chi connectivity index (χ3v) is 5.92. The summed E-state index contributed by atoms with van der Waals surface area (Å²) < 4.78 is 5.97. The van der Waals surface area contributed by atoms with Crippen molar-refractivity contribution in [1.29, 1.82) is 0 Å². The molecule has 1 aromatic heterocycles. The van der Waals surface area contributed by atoms with Crippen LogP contribution in [0.25, 0.3) is 10.9 Å². The minimum atomic E-state index is -0.836. The maximum absolute atomic E-state index is 11.1. The first-order valence-electron chi connectivity index (χ1n) is 10.3. The third-order valence-electron chi connectivity index (χ3n) is 5.92. The van der Waals surface area contributed by atoms with Crippen molar-refractivity contribution in [2.75, 3.05) is 39.3 Å². The Morgan fingerprint density at radius 1 is 1.11 bits per heavy atom. The summed E-state index contributed by atoms with van der Waals surface area (Å²) in [6.07, 6.45) is 6.30. The molecule has 0 aliphatic carbocycles. The molecule has 0 unspecified atom stereocenters. The van der Waals surface area contributed by atoms with Gasteiger partial charge in [-0.3, -0.25) is 4.90 Å². The van der Waals surface area contributed by atoms with Crippen LogP contribution in [0.1, 0.15) is 43.7 Å². The van der Waals surface area contributed by atoms with Gasteiger partial charge in [-0.1, -0.05) is 6.42 Å². The molecule has 1 N–H and O–H groups in total. The van der Waals surface area contributed by atoms with Gasteiger partial charge in [-0.15, -0.1) is 0 Å². The third kappa shape index (κ3) is 4.35. The van der Waals surface area contributed by atoms with Gasteiger partial charge in [-0.2, -0.15) is 0 Å². The molecule has 4 rings (SSSR count). The average molecular weight is 384 g/mol. The molecule has 1 aromatic carbocycles. The van der Waals surface area contributed by atoms with Crippen molar-refractivity contribution in [3.8, 4) is 5.75 Å². The highest BCUT2D eigenvalue weighted by Gasteiger charge is 2.25. The highest BCUT2D eigenvalue weighted by Crippen LogP contribution is 2.32. The zero-order valence-electron chi connectivity index (χ0n) is 16.2. The lowest BCUT2D eigenvalue weighted by Gasteiger charge is -2.30. The monoisotopic (exact) mass is 384 g/mol. The molecule has 2 aliphatic heterocycles. The van der Waals surface area contributed by atoms with Crippen molar-refractivity contribution in [3.63, 3.8) is 0 Å². The van der Waals surface area contributed by atoms with Crippen LogP contribution in [0.2, 0.25) is 0 Å². The number of hydrogen-bond donors (Lipinski definition) is 1. The zero-order chi connectivity index (χ0) is 19.3. The maximum atomic E-state index is 11.1. The second-order valence-electron chi connectivity index (χ2n) is 7.73. The molecule has 1 amide bonds. The Morgan fingerprint density at radius 2 is 1.89 bits per heavy atom. The lowest BCUT2D eigenvalue weighted by molar-refractivity contribution is 0.132. The van der Waals surface area contributed by atoms with Crippen LogP contribution in [0.5, 0.6) is 5.75 Å². The van der Waals surface area contributed by atoms with E-state index in [2.05, 4.69) is 14.9 Å². The Bertz CT molecular complexity index is 814. The van der Waals surface area contributed by atoms with Crippen molar-refractivity contribution < 1.29 is 14.6 Å². The molecule has 0 atom stereocenters. The molecule has 0 radical (unpaired) electrons. The van der Waals surface area contributed by atoms with Crippen molar-refractivity contribution in [2.24, 2.45) is 0 Å². The summed E-state index contributed by atoms with van der Waals surface area (Å²) in [4.78, 5) is 24.0. The molecule has 150 valence electrons. The second kappa shape index (κ2) is 8.73. The lowest BCUT2D eigenvalue weighted by atomic mass is 9.91. The van der Waals surface area contributed by atoms with Crippen molar-refractivity contribution in [2.45, 2.75) is 38.0 Å². The SMILES string of the molecule is O=C(O)N1CCC(c2ncnc3cc(OCCN4CCCCC4)ccc23)CC1. The van der Waals surface area contributed by atoms with Gasteiger partial charge in [0.15, 0.2) is 0 Å². The summed E-state index contributed by atoms with van der Waals surface area (Å²) in [6.45, 7) is 5.13. The fourth-order valence-electron chi connectivity index (χ4n) is 4.29. The molecule has 7 nitrogen and oxygen atoms in total. The molecular weight excluding hydrogens is 356 g/mol. The van der Waals surface area contributed by atoms with Gasteiger partial charge >= 0.3 is 6.09 Å². The van der Waals surface area contributed by atoms with Crippen LogP contribution in [0.3, 0.4) is 0 Å². The Hall–Kier alpha value is -2.41. The molecule has 2 aliphatic rings. The Labute approximate surface area is 165 Å². The van der Waals surface area contributed by atoms with Crippen LogP contribution < -0.4 is 4.74 Å². The number of carbonyl (C=O) groups is 1. The summed E-state index contributed by atoms with van der Waals surface area (Å²) in [7, 11) is 0. The summed E-state index contributed by atoms with van der Waals surface area (Å²) in [6, 6.07) is 6.03. The molecule has 28 heavy (non-hydrogen) atoms. The van der Waals surface area contributed by atoms with E-state index in [0.29, 0.717) is 19.7 Å². The van der Waals surface area contributed by atoms with E-state index in [1.807, 2.05) is 18.2 Å². The molecular formula is C21H28N4O3. The maximum Gasteiger partial charge on any atom is 0.407 e. The molecule has 3 heterocycles. The first-order chi connectivity index (χ1) is 13.7. The predicted molar refractivity (Wildman–Crippen MR) is 107 cm³/mol. The fourth-order valence-corrected chi connectivity index (χ4v) is 4.29. The number of ether oxygens (including phenoxy) is 1. The molecule has 0 spiro atoms. The smallest absolute Gasteiger partial charge is 0.407 e. The number of likely N-dealkylation sites (tertiary alicyclic amines) is 2.